The number of benzene rings is 1. The lowest BCUT2D eigenvalue weighted by Gasteiger charge is -2.23. The van der Waals surface area contributed by atoms with Crippen LogP contribution in [0.15, 0.2) is 12.1 Å². The molecule has 1 aliphatic rings. The zero-order valence-corrected chi connectivity index (χ0v) is 11.8. The lowest BCUT2D eigenvalue weighted by atomic mass is 9.98. The standard InChI is InChI=1S/C12H15Cl2N3O2/c13-9-5-11(12(17(18)19)6-10(9)14)16-7-8-1-3-15-4-2-8/h5-6,8,15-16H,1-4,7H2. The van der Waals surface area contributed by atoms with Gasteiger partial charge in [0.1, 0.15) is 5.69 Å². The maximum atomic E-state index is 11.0. The minimum Gasteiger partial charge on any atom is -0.379 e. The third-order valence-electron chi connectivity index (χ3n) is 3.28. The second-order valence-electron chi connectivity index (χ2n) is 4.61. The van der Waals surface area contributed by atoms with Gasteiger partial charge in [-0.05, 0) is 37.9 Å². The van der Waals surface area contributed by atoms with Gasteiger partial charge in [-0.3, -0.25) is 10.1 Å². The van der Waals surface area contributed by atoms with Gasteiger partial charge >= 0.3 is 0 Å². The first kappa shape index (κ1) is 14.4. The van der Waals surface area contributed by atoms with Gasteiger partial charge in [0.25, 0.3) is 5.69 Å². The van der Waals surface area contributed by atoms with Gasteiger partial charge in [-0.25, -0.2) is 0 Å². The average molecular weight is 304 g/mol. The summed E-state index contributed by atoms with van der Waals surface area (Å²) in [4.78, 5) is 10.5. The molecule has 0 spiro atoms. The maximum Gasteiger partial charge on any atom is 0.293 e. The predicted octanol–water partition coefficient (Wildman–Crippen LogP) is 3.31. The number of nitro benzene ring substituents is 1. The van der Waals surface area contributed by atoms with Crippen molar-refractivity contribution in [3.63, 3.8) is 0 Å². The molecule has 0 amide bonds. The van der Waals surface area contributed by atoms with Gasteiger partial charge < -0.3 is 10.6 Å². The van der Waals surface area contributed by atoms with E-state index in [1.54, 1.807) is 0 Å². The molecule has 2 rings (SSSR count). The molecule has 7 heteroatoms. The second kappa shape index (κ2) is 6.41. The summed E-state index contributed by atoms with van der Waals surface area (Å²) < 4.78 is 0. The number of hydrogen-bond donors (Lipinski definition) is 2. The molecular weight excluding hydrogens is 289 g/mol. The van der Waals surface area contributed by atoms with Crippen molar-refractivity contribution in [2.75, 3.05) is 25.0 Å². The summed E-state index contributed by atoms with van der Waals surface area (Å²) in [5.74, 6) is 0.523. The molecule has 0 aromatic heterocycles. The molecule has 0 saturated carbocycles. The summed E-state index contributed by atoms with van der Waals surface area (Å²) in [5.41, 5.74) is 0.390. The molecule has 1 saturated heterocycles. The molecule has 0 radical (unpaired) electrons. The summed E-state index contributed by atoms with van der Waals surface area (Å²) in [6.07, 6.45) is 2.14. The van der Waals surface area contributed by atoms with Crippen molar-refractivity contribution < 1.29 is 4.92 Å². The normalized spacial score (nSPS) is 16.3. The van der Waals surface area contributed by atoms with Gasteiger partial charge in [0.2, 0.25) is 0 Å². The SMILES string of the molecule is O=[N+]([O-])c1cc(Cl)c(Cl)cc1NCC1CCNCC1. The van der Waals surface area contributed by atoms with Gasteiger partial charge in [-0.15, -0.1) is 0 Å². The van der Waals surface area contributed by atoms with Crippen molar-refractivity contribution >= 4 is 34.6 Å². The van der Waals surface area contributed by atoms with Crippen LogP contribution in [-0.4, -0.2) is 24.6 Å². The summed E-state index contributed by atoms with van der Waals surface area (Å²) in [6, 6.07) is 2.80. The van der Waals surface area contributed by atoms with Crippen LogP contribution < -0.4 is 10.6 Å². The van der Waals surface area contributed by atoms with Gasteiger partial charge in [-0.1, -0.05) is 23.2 Å². The minimum atomic E-state index is -0.451. The number of hydrogen-bond acceptors (Lipinski definition) is 4. The van der Waals surface area contributed by atoms with Crippen LogP contribution in [-0.2, 0) is 0 Å². The van der Waals surface area contributed by atoms with Crippen LogP contribution in [0.4, 0.5) is 11.4 Å². The lowest BCUT2D eigenvalue weighted by Crippen LogP contribution is -2.31. The number of nitrogens with zero attached hydrogens (tertiary/aromatic N) is 1. The fourth-order valence-electron chi connectivity index (χ4n) is 2.17. The molecule has 1 aromatic rings. The molecule has 0 bridgehead atoms. The monoisotopic (exact) mass is 303 g/mol. The molecule has 0 atom stereocenters. The number of rotatable bonds is 4. The minimum absolute atomic E-state index is 0.0386. The third kappa shape index (κ3) is 3.72. The lowest BCUT2D eigenvalue weighted by molar-refractivity contribution is -0.383. The van der Waals surface area contributed by atoms with Crippen molar-refractivity contribution in [3.8, 4) is 0 Å². The number of piperidine rings is 1. The molecule has 0 unspecified atom stereocenters. The molecule has 1 heterocycles. The van der Waals surface area contributed by atoms with Gasteiger partial charge in [0.15, 0.2) is 0 Å². The molecule has 0 aliphatic carbocycles. The van der Waals surface area contributed by atoms with E-state index in [0.29, 0.717) is 23.2 Å². The van der Waals surface area contributed by atoms with Crippen molar-refractivity contribution in [1.29, 1.82) is 0 Å². The third-order valence-corrected chi connectivity index (χ3v) is 4.00. The Morgan fingerprint density at radius 3 is 2.58 bits per heavy atom. The highest BCUT2D eigenvalue weighted by molar-refractivity contribution is 6.42. The zero-order chi connectivity index (χ0) is 13.8. The Hall–Kier alpha value is -1.04. The van der Waals surface area contributed by atoms with Gasteiger partial charge in [0, 0.05) is 12.6 Å². The van der Waals surface area contributed by atoms with Crippen LogP contribution in [0.5, 0.6) is 0 Å². The first-order valence-corrected chi connectivity index (χ1v) is 6.91. The van der Waals surface area contributed by atoms with Gasteiger partial charge in [0.05, 0.1) is 15.0 Å². The summed E-state index contributed by atoms with van der Waals surface area (Å²) in [6.45, 7) is 2.70. The number of nitrogens with one attached hydrogen (secondary N) is 2. The number of anilines is 1. The first-order chi connectivity index (χ1) is 9.08. The van der Waals surface area contributed by atoms with Crippen LogP contribution in [0.1, 0.15) is 12.8 Å². The van der Waals surface area contributed by atoms with E-state index in [0.717, 1.165) is 25.9 Å². The Bertz CT molecular complexity index is 476. The largest absolute Gasteiger partial charge is 0.379 e. The van der Waals surface area contributed by atoms with Crippen LogP contribution in [0.25, 0.3) is 0 Å². The van der Waals surface area contributed by atoms with Crippen molar-refractivity contribution in [1.82, 2.24) is 5.32 Å². The first-order valence-electron chi connectivity index (χ1n) is 6.16. The van der Waals surface area contributed by atoms with E-state index in [1.165, 1.54) is 12.1 Å². The fraction of sp³-hybridized carbons (Fsp3) is 0.500. The molecule has 2 N–H and O–H groups in total. The highest BCUT2D eigenvalue weighted by Gasteiger charge is 2.19. The Labute approximate surface area is 121 Å². The smallest absolute Gasteiger partial charge is 0.293 e. The molecule has 1 aliphatic heterocycles. The predicted molar refractivity (Wildman–Crippen MR) is 77.2 cm³/mol. The molecular formula is C12H15Cl2N3O2. The van der Waals surface area contributed by atoms with Gasteiger partial charge in [-0.2, -0.15) is 0 Å². The Kier molecular flexibility index (Phi) is 4.85. The summed E-state index contributed by atoms with van der Waals surface area (Å²) in [7, 11) is 0. The zero-order valence-electron chi connectivity index (χ0n) is 10.3. The van der Waals surface area contributed by atoms with E-state index in [2.05, 4.69) is 10.6 Å². The van der Waals surface area contributed by atoms with Crippen LogP contribution in [0.2, 0.25) is 10.0 Å². The quantitative estimate of drug-likeness (QED) is 0.661. The topological polar surface area (TPSA) is 67.2 Å². The molecule has 1 aromatic carbocycles. The van der Waals surface area contributed by atoms with Crippen LogP contribution in [0.3, 0.4) is 0 Å². The van der Waals surface area contributed by atoms with Crippen molar-refractivity contribution in [2.24, 2.45) is 5.92 Å². The highest BCUT2D eigenvalue weighted by atomic mass is 35.5. The highest BCUT2D eigenvalue weighted by Crippen LogP contribution is 2.34. The van der Waals surface area contributed by atoms with E-state index in [-0.39, 0.29) is 10.7 Å². The van der Waals surface area contributed by atoms with Crippen LogP contribution >= 0.6 is 23.2 Å². The Morgan fingerprint density at radius 1 is 1.32 bits per heavy atom. The van der Waals surface area contributed by atoms with Crippen molar-refractivity contribution in [2.45, 2.75) is 12.8 Å². The van der Waals surface area contributed by atoms with Crippen LogP contribution in [0, 0.1) is 16.0 Å². The number of nitro groups is 1. The Morgan fingerprint density at radius 2 is 1.95 bits per heavy atom. The average Bonchev–Trinajstić information content (AvgIpc) is 2.40. The molecule has 19 heavy (non-hydrogen) atoms. The fourth-order valence-corrected chi connectivity index (χ4v) is 2.49. The molecule has 5 nitrogen and oxygen atoms in total. The number of halogens is 2. The van der Waals surface area contributed by atoms with E-state index < -0.39 is 4.92 Å². The second-order valence-corrected chi connectivity index (χ2v) is 5.43. The van der Waals surface area contributed by atoms with E-state index in [1.807, 2.05) is 0 Å². The van der Waals surface area contributed by atoms with E-state index in [4.69, 9.17) is 23.2 Å². The Balaban J connectivity index is 2.09. The maximum absolute atomic E-state index is 11.0. The molecule has 104 valence electrons. The van der Waals surface area contributed by atoms with E-state index >= 15 is 0 Å². The van der Waals surface area contributed by atoms with Crippen molar-refractivity contribution in [3.05, 3.63) is 32.3 Å². The summed E-state index contributed by atoms with van der Waals surface area (Å²) >= 11 is 11.7. The van der Waals surface area contributed by atoms with E-state index in [9.17, 15) is 10.1 Å². The summed E-state index contributed by atoms with van der Waals surface area (Å²) in [5, 5.41) is 17.9. The molecule has 1 fully saturated rings.